The molecule has 3 amide bonds. The summed E-state index contributed by atoms with van der Waals surface area (Å²) in [5, 5.41) is 10.8. The van der Waals surface area contributed by atoms with Crippen molar-refractivity contribution in [3.63, 3.8) is 0 Å². The Labute approximate surface area is 264 Å². The first kappa shape index (κ1) is 29.9. The maximum atomic E-state index is 13.2. The van der Waals surface area contributed by atoms with Gasteiger partial charge < -0.3 is 16.0 Å². The lowest BCUT2D eigenvalue weighted by atomic mass is 10.2. The van der Waals surface area contributed by atoms with E-state index >= 15 is 0 Å². The van der Waals surface area contributed by atoms with Gasteiger partial charge in [-0.15, -0.1) is 23.1 Å². The molecule has 0 unspecified atom stereocenters. The first-order chi connectivity index (χ1) is 20.9. The molecule has 2 aromatic heterocycles. The number of hydrogen-bond acceptors (Lipinski definition) is 7. The molecule has 3 aromatic carbocycles. The zero-order valence-corrected chi connectivity index (χ0v) is 25.7. The van der Waals surface area contributed by atoms with Crippen LogP contribution < -0.4 is 16.0 Å². The van der Waals surface area contributed by atoms with E-state index in [1.54, 1.807) is 67.0 Å². The molecule has 0 saturated heterocycles. The van der Waals surface area contributed by atoms with Gasteiger partial charge in [0, 0.05) is 44.0 Å². The number of anilines is 2. The first-order valence-electron chi connectivity index (χ1n) is 13.0. The molecule has 0 radical (unpaired) electrons. The number of pyridine rings is 1. The number of hydrogen-bond donors (Lipinski definition) is 3. The van der Waals surface area contributed by atoms with Crippen molar-refractivity contribution in [1.29, 1.82) is 0 Å². The number of amides is 3. The van der Waals surface area contributed by atoms with Crippen molar-refractivity contribution < 1.29 is 14.4 Å². The van der Waals surface area contributed by atoms with Crippen LogP contribution in [0.25, 0.3) is 17.3 Å². The van der Waals surface area contributed by atoms with Crippen LogP contribution in [0.15, 0.2) is 124 Å². The molecule has 5 aromatic rings. The number of carbonyl (C=O) groups excluding carboxylic acids is 3. The molecule has 0 bridgehead atoms. The summed E-state index contributed by atoms with van der Waals surface area (Å²) in [5.74, 6) is -0.863. The number of halogens is 1. The van der Waals surface area contributed by atoms with Gasteiger partial charge in [-0.3, -0.25) is 19.4 Å². The fourth-order valence-corrected chi connectivity index (χ4v) is 5.49. The van der Waals surface area contributed by atoms with Gasteiger partial charge in [-0.05, 0) is 66.2 Å². The first-order valence-corrected chi connectivity index (χ1v) is 15.6. The van der Waals surface area contributed by atoms with Crippen molar-refractivity contribution in [2.75, 3.05) is 16.4 Å². The van der Waals surface area contributed by atoms with E-state index < -0.39 is 11.8 Å². The molecule has 3 N–H and O–H groups in total. The number of benzene rings is 3. The Hall–Kier alpha value is -4.58. The Kier molecular flexibility index (Phi) is 10.1. The van der Waals surface area contributed by atoms with Crippen LogP contribution in [0.3, 0.4) is 0 Å². The summed E-state index contributed by atoms with van der Waals surface area (Å²) in [6.45, 7) is 0. The molecule has 0 fully saturated rings. The number of carbonyl (C=O) groups is 3. The zero-order valence-electron chi connectivity index (χ0n) is 22.5. The van der Waals surface area contributed by atoms with Gasteiger partial charge in [-0.2, -0.15) is 0 Å². The molecule has 5 rings (SSSR count). The highest BCUT2D eigenvalue weighted by Gasteiger charge is 2.15. The second-order valence-corrected chi connectivity index (χ2v) is 11.8. The Morgan fingerprint density at radius 3 is 2.37 bits per heavy atom. The molecule has 0 saturated carbocycles. The van der Waals surface area contributed by atoms with E-state index in [1.165, 1.54) is 23.1 Å². The summed E-state index contributed by atoms with van der Waals surface area (Å²) in [6, 6.07) is 27.1. The predicted molar refractivity (Wildman–Crippen MR) is 176 cm³/mol. The highest BCUT2D eigenvalue weighted by Crippen LogP contribution is 2.27. The number of rotatable bonds is 10. The zero-order chi connectivity index (χ0) is 30.0. The van der Waals surface area contributed by atoms with Gasteiger partial charge in [0.1, 0.15) is 5.70 Å². The number of nitrogens with one attached hydrogen (secondary N) is 3. The summed E-state index contributed by atoms with van der Waals surface area (Å²) < 4.78 is 0.988. The van der Waals surface area contributed by atoms with Crippen molar-refractivity contribution in [3.05, 3.63) is 130 Å². The number of thiazole rings is 1. The third kappa shape index (κ3) is 8.71. The summed E-state index contributed by atoms with van der Waals surface area (Å²) in [4.78, 5) is 47.9. The molecule has 0 aliphatic heterocycles. The summed E-state index contributed by atoms with van der Waals surface area (Å²) in [6.07, 6.45) is 4.79. The maximum Gasteiger partial charge on any atom is 0.272 e. The maximum absolute atomic E-state index is 13.2. The Morgan fingerprint density at radius 2 is 1.65 bits per heavy atom. The quantitative estimate of drug-likeness (QED) is 0.108. The normalized spacial score (nSPS) is 11.0. The lowest BCUT2D eigenvalue weighted by molar-refractivity contribution is -0.114. The van der Waals surface area contributed by atoms with E-state index in [0.717, 1.165) is 20.6 Å². The smallest absolute Gasteiger partial charge is 0.272 e. The molecule has 0 spiro atoms. The highest BCUT2D eigenvalue weighted by atomic mass is 79.9. The van der Waals surface area contributed by atoms with Gasteiger partial charge in [-0.25, -0.2) is 4.98 Å². The van der Waals surface area contributed by atoms with Crippen molar-refractivity contribution in [1.82, 2.24) is 15.3 Å². The van der Waals surface area contributed by atoms with Gasteiger partial charge in [0.25, 0.3) is 11.8 Å². The second kappa shape index (κ2) is 14.5. The van der Waals surface area contributed by atoms with Gasteiger partial charge in [0.15, 0.2) is 5.13 Å². The van der Waals surface area contributed by atoms with Crippen LogP contribution in [-0.2, 0) is 9.59 Å². The molecule has 0 atom stereocenters. The van der Waals surface area contributed by atoms with E-state index in [-0.39, 0.29) is 17.4 Å². The molecular weight excluding hydrogens is 646 g/mol. The van der Waals surface area contributed by atoms with E-state index in [4.69, 9.17) is 0 Å². The standard InChI is InChI=1S/C32H24BrN5O3S2/c33-24-10-8-22(9-11-24)28-19-43-32(37-28)38-29(39)20-42-26-14-12-25(13-15-26)35-31(41)27(17-21-5-4-16-34-18-21)36-30(40)23-6-2-1-3-7-23/h1-19H,20H2,(H,35,41)(H,36,40)(H,37,38,39)/b27-17-. The third-order valence-corrected chi connectivity index (χ3v) is 8.20. The monoisotopic (exact) mass is 669 g/mol. The van der Waals surface area contributed by atoms with Crippen LogP contribution in [0.5, 0.6) is 0 Å². The van der Waals surface area contributed by atoms with E-state index in [0.29, 0.717) is 21.9 Å². The molecule has 214 valence electrons. The fraction of sp³-hybridized carbons (Fsp3) is 0.0312. The van der Waals surface area contributed by atoms with Crippen molar-refractivity contribution in [3.8, 4) is 11.3 Å². The summed E-state index contributed by atoms with van der Waals surface area (Å²) in [7, 11) is 0. The Balaban J connectivity index is 1.17. The molecule has 11 heteroatoms. The molecular formula is C32H24BrN5O3S2. The van der Waals surface area contributed by atoms with E-state index in [2.05, 4.69) is 41.8 Å². The van der Waals surface area contributed by atoms with Crippen LogP contribution in [-0.4, -0.2) is 33.4 Å². The largest absolute Gasteiger partial charge is 0.321 e. The number of aromatic nitrogens is 2. The van der Waals surface area contributed by atoms with E-state index in [1.807, 2.05) is 47.8 Å². The van der Waals surface area contributed by atoms with Crippen LogP contribution in [0.4, 0.5) is 10.8 Å². The van der Waals surface area contributed by atoms with Crippen molar-refractivity contribution >= 4 is 73.6 Å². The lowest BCUT2D eigenvalue weighted by Crippen LogP contribution is -2.30. The van der Waals surface area contributed by atoms with Gasteiger partial charge in [-0.1, -0.05) is 52.3 Å². The minimum atomic E-state index is -0.487. The SMILES string of the molecule is O=C(CSc1ccc(NC(=O)/C(=C/c2cccnc2)NC(=O)c2ccccc2)cc1)Nc1nc(-c2ccc(Br)cc2)cs1. The Bertz CT molecular complexity index is 1740. The van der Waals surface area contributed by atoms with Crippen molar-refractivity contribution in [2.45, 2.75) is 4.90 Å². The number of thioether (sulfide) groups is 1. The summed E-state index contributed by atoms with van der Waals surface area (Å²) in [5.41, 5.74) is 3.47. The van der Waals surface area contributed by atoms with Gasteiger partial charge >= 0.3 is 0 Å². The van der Waals surface area contributed by atoms with Crippen molar-refractivity contribution in [2.24, 2.45) is 0 Å². The molecule has 2 heterocycles. The minimum Gasteiger partial charge on any atom is -0.321 e. The Morgan fingerprint density at radius 1 is 0.884 bits per heavy atom. The highest BCUT2D eigenvalue weighted by molar-refractivity contribution is 9.10. The van der Waals surface area contributed by atoms with Crippen LogP contribution in [0.2, 0.25) is 0 Å². The number of nitrogens with zero attached hydrogens (tertiary/aromatic N) is 2. The molecule has 0 aliphatic carbocycles. The van der Waals surface area contributed by atoms with Gasteiger partial charge in [0.05, 0.1) is 11.4 Å². The fourth-order valence-electron chi connectivity index (χ4n) is 3.79. The second-order valence-electron chi connectivity index (χ2n) is 9.02. The van der Waals surface area contributed by atoms with E-state index in [9.17, 15) is 14.4 Å². The van der Waals surface area contributed by atoms with Crippen LogP contribution in [0.1, 0.15) is 15.9 Å². The lowest BCUT2D eigenvalue weighted by Gasteiger charge is -2.12. The molecule has 43 heavy (non-hydrogen) atoms. The average molecular weight is 671 g/mol. The molecule has 8 nitrogen and oxygen atoms in total. The third-order valence-electron chi connectivity index (χ3n) is 5.90. The summed E-state index contributed by atoms with van der Waals surface area (Å²) >= 11 is 6.16. The molecule has 0 aliphatic rings. The topological polar surface area (TPSA) is 113 Å². The average Bonchev–Trinajstić information content (AvgIpc) is 3.50. The predicted octanol–water partition coefficient (Wildman–Crippen LogP) is 7.11. The van der Waals surface area contributed by atoms with Crippen LogP contribution >= 0.6 is 39.0 Å². The minimum absolute atomic E-state index is 0.0717. The van der Waals surface area contributed by atoms with Crippen LogP contribution in [0, 0.1) is 0 Å². The van der Waals surface area contributed by atoms with Gasteiger partial charge in [0.2, 0.25) is 5.91 Å².